The van der Waals surface area contributed by atoms with Gasteiger partial charge in [0, 0.05) is 122 Å². The smallest absolute Gasteiger partial charge is 1.00 e. The third-order valence-electron chi connectivity index (χ3n) is 17.2. The first-order chi connectivity index (χ1) is 55.5. The first-order valence-electron chi connectivity index (χ1n) is 35.7. The Morgan fingerprint density at radius 3 is 1.40 bits per heavy atom. The molecule has 1 saturated heterocycles. The summed E-state index contributed by atoms with van der Waals surface area (Å²) in [6.07, 6.45) is 2.56. The fraction of sp³-hybridized carbons (Fsp3) is 0.165. The van der Waals surface area contributed by atoms with E-state index in [0.717, 1.165) is 63.9 Å². The number of carbonyl (C=O) groups is 3. The van der Waals surface area contributed by atoms with Crippen LogP contribution < -0.4 is 156 Å². The van der Waals surface area contributed by atoms with E-state index in [4.69, 9.17) is 40.0 Å². The van der Waals surface area contributed by atoms with Crippen molar-refractivity contribution in [2.75, 3.05) is 54.0 Å². The summed E-state index contributed by atoms with van der Waals surface area (Å²) in [5.41, 5.74) is 22.0. The predicted octanol–water partition coefficient (Wildman–Crippen LogP) is 16.4. The number of anilines is 10. The summed E-state index contributed by atoms with van der Waals surface area (Å²) in [4.78, 5) is 45.1. The Morgan fingerprint density at radius 2 is 0.934 bits per heavy atom. The molecule has 1 atom stereocenters. The molecule has 0 bridgehead atoms. The zero-order valence-corrected chi connectivity index (χ0v) is 92.3. The molecule has 3 aliphatic rings. The maximum absolute atomic E-state index is 11.6. The Kier molecular flexibility index (Phi) is 61.3. The standard InChI is InChI=1S/C21H18BrN.C15H16BrNO.C15H14BrN.C14H12BrNO2.C8H9NO2.C6H4BrI.C6H5I.C4H8O.CH2O3.CH3.BrH.Cu.2K.Mg.HO4P.H2.H/c1-21(2)17-10-6-7-11-19(17)23(16-8-4-3-5-9-16)20-13-12-15(22)14-18(20)21;1-15(2,18)13-5-3-4-6-14(13)17-12-9-7-11(16)8-10-12;1-15(2)11-5-3-4-6-13(11)17-14-8-7-10(16)9-12(14)15;1-18-14(17)12-4-2-3-5-13(12)16-11-8-6-10(15)7-9-11;1-11-8(10)6-4-2-3-5-7(6)9;7-5-1-3-6(8)4-2-5;7-6-4-2-1-3-5-6;1-2-4-5-3-1;2-1-4-3;;;;;;;1-4-5(2)3;;/h3-14H,1-2H3;3-10,17-18H,1-2H3;3-9,17H,1-2H3;2-9,16H,1H3;2-5H,9H2,1H3;1-4H;1-5H;1-4H2;1,3H;1H3;1H;;;;;1H;1H;/q;;;;;;;;;-1;;;2*+1;+2;;;-1/p-2. The fourth-order valence-electron chi connectivity index (χ4n) is 11.6. The van der Waals surface area contributed by atoms with Crippen LogP contribution in [0.2, 0.25) is 0 Å². The molecule has 31 heteroatoms. The molecule has 122 heavy (non-hydrogen) atoms. The van der Waals surface area contributed by atoms with Gasteiger partial charge < -0.3 is 86.8 Å². The van der Waals surface area contributed by atoms with E-state index in [9.17, 15) is 14.7 Å². The van der Waals surface area contributed by atoms with Gasteiger partial charge in [-0.25, -0.2) is 14.8 Å². The van der Waals surface area contributed by atoms with E-state index in [1.54, 1.807) is 50.2 Å². The summed E-state index contributed by atoms with van der Waals surface area (Å²) in [7, 11) is -0.341. The number of hydrogen-bond donors (Lipinski definition) is 6. The number of nitrogens with zero attached hydrogens (tertiary/aromatic N) is 1. The Balaban J connectivity index is -0.00000136. The Morgan fingerprint density at radius 1 is 0.557 bits per heavy atom. The van der Waals surface area contributed by atoms with Crippen molar-refractivity contribution in [3.05, 3.63) is 367 Å². The number of para-hydroxylation sites is 6. The van der Waals surface area contributed by atoms with Gasteiger partial charge in [0.1, 0.15) is 0 Å². The first kappa shape index (κ1) is 119. The van der Waals surface area contributed by atoms with Crippen LogP contribution in [0.3, 0.4) is 0 Å². The number of fused-ring (bicyclic) bond motifs is 4. The molecule has 0 aliphatic carbocycles. The normalized spacial score (nSPS) is 11.7. The zero-order valence-electron chi connectivity index (χ0n) is 70.0. The van der Waals surface area contributed by atoms with E-state index in [-0.39, 0.29) is 193 Å². The van der Waals surface area contributed by atoms with Crippen LogP contribution in [-0.2, 0) is 66.6 Å². The molecule has 0 aromatic heterocycles. The molecule has 0 amide bonds. The number of nitrogen functional groups attached to an aromatic ring is 1. The summed E-state index contributed by atoms with van der Waals surface area (Å²) >= 11 is 21.9. The second kappa shape index (κ2) is 62.9. The molecule has 7 N–H and O–H groups in total. The molecule has 1 unspecified atom stereocenters. The van der Waals surface area contributed by atoms with Crippen molar-refractivity contribution in [3.8, 4) is 0 Å². The maximum Gasteiger partial charge on any atom is 2.00 e. The van der Waals surface area contributed by atoms with Gasteiger partial charge in [-0.15, -0.1) is 0 Å². The fourth-order valence-corrected chi connectivity index (χ4v) is 13.9. The molecule has 12 aromatic carbocycles. The van der Waals surface area contributed by atoms with Gasteiger partial charge in [-0.1, -0.05) is 223 Å². The van der Waals surface area contributed by atoms with Gasteiger partial charge in [-0.05, 0) is 275 Å². The molecule has 3 heterocycles. The van der Waals surface area contributed by atoms with E-state index in [0.29, 0.717) is 16.8 Å². The number of esters is 2. The average molecular weight is 2400 g/mol. The number of nitrogens with one attached hydrogen (secondary N) is 3. The van der Waals surface area contributed by atoms with Crippen LogP contribution in [0.15, 0.2) is 314 Å². The minimum atomic E-state index is -3.04. The number of carbonyl (C=O) groups excluding carboxylic acids is 3. The van der Waals surface area contributed by atoms with Crippen LogP contribution in [-0.4, -0.2) is 79.3 Å². The Bertz CT molecular complexity index is 5080. The molecule has 1 fully saturated rings. The van der Waals surface area contributed by atoms with Gasteiger partial charge in [0.25, 0.3) is 6.47 Å². The third-order valence-corrected chi connectivity index (χ3v) is 21.4. The van der Waals surface area contributed by atoms with Crippen molar-refractivity contribution in [2.45, 2.75) is 70.8 Å². The van der Waals surface area contributed by atoms with Crippen LogP contribution in [0.25, 0.3) is 0 Å². The quantitative estimate of drug-likeness (QED) is 0.00855. The predicted molar refractivity (Wildman–Crippen MR) is 513 cm³/mol. The number of hydrogen-bond acceptors (Lipinski definition) is 18. The molecule has 0 saturated carbocycles. The average Bonchev–Trinajstić information content (AvgIpc) is 0.756. The number of rotatable bonds is 10. The summed E-state index contributed by atoms with van der Waals surface area (Å²) in [6.45, 7) is 14.6. The number of ether oxygens (including phenoxy) is 3. The van der Waals surface area contributed by atoms with E-state index in [2.05, 4.69) is 327 Å². The number of methoxy groups -OCH3 is 2. The van der Waals surface area contributed by atoms with Crippen molar-refractivity contribution in [1.29, 1.82) is 0 Å². The third kappa shape index (κ3) is 40.0. The molecule has 3 aliphatic heterocycles. The van der Waals surface area contributed by atoms with Gasteiger partial charge in [0.2, 0.25) is 0 Å². The summed E-state index contributed by atoms with van der Waals surface area (Å²) in [5.74, 6) is -0.752. The molecule has 18 nitrogen and oxygen atoms in total. The van der Waals surface area contributed by atoms with Gasteiger partial charge in [0.15, 0.2) is 0 Å². The van der Waals surface area contributed by atoms with Crippen LogP contribution in [0, 0.1) is 14.6 Å². The zero-order chi connectivity index (χ0) is 84.8. The van der Waals surface area contributed by atoms with Gasteiger partial charge >= 0.3 is 146 Å². The van der Waals surface area contributed by atoms with Crippen molar-refractivity contribution in [2.24, 2.45) is 0 Å². The minimum absolute atomic E-state index is 0. The number of benzene rings is 12. The summed E-state index contributed by atoms with van der Waals surface area (Å²) in [5, 5.41) is 35.6. The summed E-state index contributed by atoms with van der Waals surface area (Å²) < 4.78 is 33.8. The molecular formula is C91H94Br6CuI2K2MgN5O13P. The van der Waals surface area contributed by atoms with Crippen LogP contribution >= 0.6 is 133 Å². The molecule has 12 aromatic rings. The number of aliphatic hydroxyl groups is 1. The molecule has 637 valence electrons. The molecule has 1 radical (unpaired) electrons. The number of nitrogens with two attached hydrogens (primary N) is 1. The second-order valence-corrected chi connectivity index (χ2v) is 34.2. The van der Waals surface area contributed by atoms with Gasteiger partial charge in [0.05, 0.1) is 48.0 Å². The SMILES string of the molecule is Brc1ccc(I)cc1.C1CCOC1.CC(C)(O)c1ccccc1Nc1ccc(Br)cc1.CC1(C)c2ccccc2N(c2ccccc2)c2ccc(Br)cc21.CC1(C)c2ccccc2Nc2ccc(Br)cc21.COC(=O)c1ccccc1N.COC(=O)c1ccccc1Nc1ccc(Br)cc1.Ic1ccccc1.O=CO[O-].O=[P+]([O-])OO.[Br-].[CH3-].[Cu].[H-].[HH].[K+].[K+].[Mg+2]. The summed E-state index contributed by atoms with van der Waals surface area (Å²) in [6, 6.07) is 96.7. The Hall–Kier alpha value is -3.19. The number of halogens is 8. The van der Waals surface area contributed by atoms with Crippen molar-refractivity contribution in [3.63, 3.8) is 0 Å². The molecular weight excluding hydrogens is 2300 g/mol. The minimum Gasteiger partial charge on any atom is -1.00 e. The largest absolute Gasteiger partial charge is 2.00 e. The van der Waals surface area contributed by atoms with E-state index >= 15 is 0 Å². The molecule has 15 rings (SSSR count). The van der Waals surface area contributed by atoms with E-state index < -0.39 is 19.8 Å². The monoisotopic (exact) mass is 2390 g/mol. The van der Waals surface area contributed by atoms with E-state index in [1.807, 2.05) is 115 Å². The van der Waals surface area contributed by atoms with Gasteiger partial charge in [-0.2, -0.15) is 0 Å². The topological polar surface area (TPSA) is 266 Å². The van der Waals surface area contributed by atoms with Crippen LogP contribution in [0.1, 0.15) is 106 Å². The maximum atomic E-state index is 11.6. The van der Waals surface area contributed by atoms with Crippen molar-refractivity contribution < 1.29 is 203 Å². The van der Waals surface area contributed by atoms with Crippen LogP contribution in [0.5, 0.6) is 0 Å². The Labute approximate surface area is 912 Å². The van der Waals surface area contributed by atoms with Gasteiger partial charge in [-0.3, -0.25) is 4.79 Å². The second-order valence-electron chi connectivity index (χ2n) is 26.5. The molecule has 0 spiro atoms. The van der Waals surface area contributed by atoms with Crippen LogP contribution in [0.4, 0.5) is 56.9 Å². The van der Waals surface area contributed by atoms with E-state index in [1.165, 1.54) is 84.9 Å². The first-order valence-corrected chi connectivity index (χ1v) is 43.0. The van der Waals surface area contributed by atoms with Crippen molar-refractivity contribution >= 4 is 231 Å². The van der Waals surface area contributed by atoms with Crippen molar-refractivity contribution in [1.82, 2.24) is 0 Å².